The van der Waals surface area contributed by atoms with E-state index in [9.17, 15) is 0 Å². The van der Waals surface area contributed by atoms with E-state index in [-0.39, 0.29) is 0 Å². The lowest BCUT2D eigenvalue weighted by molar-refractivity contribution is 0.278. The number of benzene rings is 1. The van der Waals surface area contributed by atoms with Crippen molar-refractivity contribution in [2.45, 2.75) is 20.0 Å². The molecule has 0 N–H and O–H groups in total. The first-order valence-electron chi connectivity index (χ1n) is 4.51. The Balaban J connectivity index is 1.97. The molecule has 1 unspecified atom stereocenters. The Kier molecular flexibility index (Phi) is 1.80. The van der Waals surface area contributed by atoms with Crippen molar-refractivity contribution in [1.82, 2.24) is 0 Å². The highest BCUT2D eigenvalue weighted by Gasteiger charge is 2.45. The van der Waals surface area contributed by atoms with Crippen molar-refractivity contribution in [3.8, 4) is 5.75 Å². The molecule has 3 atom stereocenters. The van der Waals surface area contributed by atoms with Gasteiger partial charge in [-0.1, -0.05) is 32.0 Å². The van der Waals surface area contributed by atoms with E-state index in [0.717, 1.165) is 17.6 Å². The Morgan fingerprint density at radius 2 is 1.58 bits per heavy atom. The Hall–Kier alpha value is -0.980. The number of rotatable bonds is 2. The molecule has 1 saturated carbocycles. The molecule has 1 fully saturated rings. The maximum absolute atomic E-state index is 5.75. The average Bonchev–Trinajstić information content (AvgIpc) is 2.65. The molecule has 0 saturated heterocycles. The zero-order chi connectivity index (χ0) is 8.55. The quantitative estimate of drug-likeness (QED) is 0.649. The third-order valence-electron chi connectivity index (χ3n) is 2.74. The Bertz CT molecular complexity index is 247. The van der Waals surface area contributed by atoms with Crippen LogP contribution in [0.15, 0.2) is 30.3 Å². The molecule has 1 aromatic rings. The monoisotopic (exact) mass is 162 g/mol. The lowest BCUT2D eigenvalue weighted by atomic mass is 10.3. The number of ether oxygens (including phenoxy) is 1. The van der Waals surface area contributed by atoms with Crippen molar-refractivity contribution in [2.75, 3.05) is 0 Å². The summed E-state index contributed by atoms with van der Waals surface area (Å²) in [5.74, 6) is 2.45. The van der Waals surface area contributed by atoms with Crippen LogP contribution in [0, 0.1) is 11.8 Å². The molecule has 0 bridgehead atoms. The van der Waals surface area contributed by atoms with Gasteiger partial charge in [0.15, 0.2) is 0 Å². The summed E-state index contributed by atoms with van der Waals surface area (Å²) in [7, 11) is 0. The second-order valence-electron chi connectivity index (χ2n) is 3.61. The van der Waals surface area contributed by atoms with Crippen LogP contribution in [0.4, 0.5) is 0 Å². The van der Waals surface area contributed by atoms with Crippen LogP contribution in [0.5, 0.6) is 5.75 Å². The maximum atomic E-state index is 5.75. The van der Waals surface area contributed by atoms with Gasteiger partial charge in [0.25, 0.3) is 0 Å². The van der Waals surface area contributed by atoms with Gasteiger partial charge in [0, 0.05) is 0 Å². The summed E-state index contributed by atoms with van der Waals surface area (Å²) in [6, 6.07) is 10.0. The summed E-state index contributed by atoms with van der Waals surface area (Å²) in [4.78, 5) is 0. The van der Waals surface area contributed by atoms with E-state index in [2.05, 4.69) is 13.8 Å². The Morgan fingerprint density at radius 3 is 2.08 bits per heavy atom. The molecule has 12 heavy (non-hydrogen) atoms. The lowest BCUT2D eigenvalue weighted by Gasteiger charge is -2.03. The van der Waals surface area contributed by atoms with Crippen LogP contribution in [0.25, 0.3) is 0 Å². The van der Waals surface area contributed by atoms with E-state index in [0.29, 0.717) is 6.10 Å². The summed E-state index contributed by atoms with van der Waals surface area (Å²) >= 11 is 0. The highest BCUT2D eigenvalue weighted by Crippen LogP contribution is 2.40. The highest BCUT2D eigenvalue weighted by molar-refractivity contribution is 5.22. The summed E-state index contributed by atoms with van der Waals surface area (Å²) in [6.07, 6.45) is 0.451. The molecule has 0 amide bonds. The lowest BCUT2D eigenvalue weighted by Crippen LogP contribution is -1.99. The largest absolute Gasteiger partial charge is 0.490 e. The van der Waals surface area contributed by atoms with Gasteiger partial charge in [0.1, 0.15) is 11.9 Å². The standard InChI is InChI=1S/C11H14O/c1-8-9(2)11(8)12-10-6-4-3-5-7-10/h3-9,11H,1-2H3/t8-,9+,11?. The van der Waals surface area contributed by atoms with Gasteiger partial charge < -0.3 is 4.74 Å². The van der Waals surface area contributed by atoms with E-state index >= 15 is 0 Å². The second kappa shape index (κ2) is 2.81. The van der Waals surface area contributed by atoms with E-state index in [1.54, 1.807) is 0 Å². The fourth-order valence-corrected chi connectivity index (χ4v) is 1.49. The molecule has 1 heteroatoms. The molecule has 0 radical (unpaired) electrons. The summed E-state index contributed by atoms with van der Waals surface area (Å²) in [5.41, 5.74) is 0. The van der Waals surface area contributed by atoms with Gasteiger partial charge in [-0.25, -0.2) is 0 Å². The van der Waals surface area contributed by atoms with Crippen LogP contribution >= 0.6 is 0 Å². The minimum atomic E-state index is 0.451. The van der Waals surface area contributed by atoms with Crippen LogP contribution in [0.2, 0.25) is 0 Å². The van der Waals surface area contributed by atoms with Crippen LogP contribution < -0.4 is 4.74 Å². The van der Waals surface area contributed by atoms with Crippen LogP contribution in [0.3, 0.4) is 0 Å². The summed E-state index contributed by atoms with van der Waals surface area (Å²) in [5, 5.41) is 0. The van der Waals surface area contributed by atoms with Gasteiger partial charge in [-0.2, -0.15) is 0 Å². The molecule has 0 spiro atoms. The highest BCUT2D eigenvalue weighted by atomic mass is 16.5. The number of hydrogen-bond acceptors (Lipinski definition) is 1. The normalized spacial score (nSPS) is 33.0. The molecule has 2 rings (SSSR count). The zero-order valence-corrected chi connectivity index (χ0v) is 7.53. The molecule has 1 aromatic carbocycles. The summed E-state index contributed by atoms with van der Waals surface area (Å²) < 4.78 is 5.75. The SMILES string of the molecule is C[C@@H]1C(Oc2ccccc2)[C@@H]1C. The van der Waals surface area contributed by atoms with Gasteiger partial charge in [-0.15, -0.1) is 0 Å². The first-order valence-corrected chi connectivity index (χ1v) is 4.51. The predicted octanol–water partition coefficient (Wildman–Crippen LogP) is 2.72. The van der Waals surface area contributed by atoms with Crippen LogP contribution in [0.1, 0.15) is 13.8 Å². The smallest absolute Gasteiger partial charge is 0.119 e. The predicted molar refractivity (Wildman–Crippen MR) is 49.2 cm³/mol. The molecule has 64 valence electrons. The topological polar surface area (TPSA) is 9.23 Å². The fraction of sp³-hybridized carbons (Fsp3) is 0.455. The van der Waals surface area contributed by atoms with E-state index < -0.39 is 0 Å². The van der Waals surface area contributed by atoms with Gasteiger partial charge in [-0.05, 0) is 24.0 Å². The zero-order valence-electron chi connectivity index (χ0n) is 7.53. The molecule has 0 aliphatic heterocycles. The Labute approximate surface area is 73.4 Å². The third-order valence-corrected chi connectivity index (χ3v) is 2.74. The minimum absolute atomic E-state index is 0.451. The van der Waals surface area contributed by atoms with Crippen molar-refractivity contribution in [3.05, 3.63) is 30.3 Å². The van der Waals surface area contributed by atoms with Gasteiger partial charge in [-0.3, -0.25) is 0 Å². The van der Waals surface area contributed by atoms with Crippen LogP contribution in [-0.2, 0) is 0 Å². The first kappa shape index (κ1) is 7.66. The van der Waals surface area contributed by atoms with Crippen molar-refractivity contribution in [3.63, 3.8) is 0 Å². The van der Waals surface area contributed by atoms with Crippen molar-refractivity contribution < 1.29 is 4.74 Å². The van der Waals surface area contributed by atoms with Crippen molar-refractivity contribution in [1.29, 1.82) is 0 Å². The Morgan fingerprint density at radius 1 is 1.00 bits per heavy atom. The molecule has 1 aliphatic carbocycles. The van der Waals surface area contributed by atoms with Crippen molar-refractivity contribution >= 4 is 0 Å². The van der Waals surface area contributed by atoms with E-state index in [1.807, 2.05) is 30.3 Å². The molecule has 1 nitrogen and oxygen atoms in total. The van der Waals surface area contributed by atoms with Crippen molar-refractivity contribution in [2.24, 2.45) is 11.8 Å². The second-order valence-corrected chi connectivity index (χ2v) is 3.61. The molecule has 0 aromatic heterocycles. The van der Waals surface area contributed by atoms with E-state index in [1.165, 1.54) is 0 Å². The minimum Gasteiger partial charge on any atom is -0.490 e. The average molecular weight is 162 g/mol. The van der Waals surface area contributed by atoms with E-state index in [4.69, 9.17) is 4.74 Å². The molecule has 1 aliphatic rings. The van der Waals surface area contributed by atoms with Gasteiger partial charge >= 0.3 is 0 Å². The van der Waals surface area contributed by atoms with Gasteiger partial charge in [0.05, 0.1) is 0 Å². The number of para-hydroxylation sites is 1. The molecular weight excluding hydrogens is 148 g/mol. The third kappa shape index (κ3) is 1.31. The van der Waals surface area contributed by atoms with Crippen LogP contribution in [-0.4, -0.2) is 6.10 Å². The fourth-order valence-electron chi connectivity index (χ4n) is 1.49. The maximum Gasteiger partial charge on any atom is 0.119 e. The van der Waals surface area contributed by atoms with Gasteiger partial charge in [0.2, 0.25) is 0 Å². The first-order chi connectivity index (χ1) is 5.79. The molecular formula is C11H14O. The molecule has 0 heterocycles. The number of hydrogen-bond donors (Lipinski definition) is 0. The summed E-state index contributed by atoms with van der Waals surface area (Å²) in [6.45, 7) is 4.47.